The molecule has 1 aromatic heterocycles. The zero-order chi connectivity index (χ0) is 17.1. The van der Waals surface area contributed by atoms with Crippen molar-refractivity contribution in [2.75, 3.05) is 11.9 Å². The number of hydrogen-bond donors (Lipinski definition) is 2. The maximum Gasteiger partial charge on any atom is 0.229 e. The summed E-state index contributed by atoms with van der Waals surface area (Å²) in [7, 11) is 0. The maximum absolute atomic E-state index is 12.1. The van der Waals surface area contributed by atoms with Gasteiger partial charge in [-0.25, -0.2) is 0 Å². The Balaban J connectivity index is 1.40. The molecule has 2 atom stereocenters. The summed E-state index contributed by atoms with van der Waals surface area (Å²) >= 11 is 5.83. The van der Waals surface area contributed by atoms with Gasteiger partial charge in [-0.15, -0.1) is 0 Å². The van der Waals surface area contributed by atoms with Crippen LogP contribution >= 0.6 is 11.6 Å². The fraction of sp³-hybridized carbons (Fsp3) is 0.353. The van der Waals surface area contributed by atoms with E-state index in [0.29, 0.717) is 29.6 Å². The quantitative estimate of drug-likeness (QED) is 0.841. The lowest BCUT2D eigenvalue weighted by Crippen LogP contribution is -2.29. The first kappa shape index (κ1) is 16.5. The summed E-state index contributed by atoms with van der Waals surface area (Å²) in [6.45, 7) is 2.28. The van der Waals surface area contributed by atoms with Crippen LogP contribution < -0.4 is 10.6 Å². The zero-order valence-corrected chi connectivity index (χ0v) is 14.0. The van der Waals surface area contributed by atoms with E-state index in [9.17, 15) is 9.59 Å². The van der Waals surface area contributed by atoms with Crippen LogP contribution in [0, 0.1) is 18.8 Å². The van der Waals surface area contributed by atoms with Crippen molar-refractivity contribution < 1.29 is 14.1 Å². The number of nitrogens with one attached hydrogen (secondary N) is 2. The SMILES string of the molecule is Cc1cc(NC(=O)C2CC2C(=O)NCCc2ccc(Cl)cc2)no1. The molecule has 0 bridgehead atoms. The number of anilines is 1. The number of aryl methyl sites for hydroxylation is 1. The second-order valence-corrected chi connectivity index (χ2v) is 6.36. The first-order chi connectivity index (χ1) is 11.5. The van der Waals surface area contributed by atoms with Crippen LogP contribution in [0.2, 0.25) is 5.02 Å². The van der Waals surface area contributed by atoms with Crippen molar-refractivity contribution in [3.63, 3.8) is 0 Å². The Morgan fingerprint density at radius 3 is 2.62 bits per heavy atom. The molecule has 0 spiro atoms. The van der Waals surface area contributed by atoms with Crippen molar-refractivity contribution in [1.29, 1.82) is 0 Å². The second-order valence-electron chi connectivity index (χ2n) is 5.93. The lowest BCUT2D eigenvalue weighted by Gasteiger charge is -2.05. The number of halogens is 1. The second kappa shape index (κ2) is 7.05. The maximum atomic E-state index is 12.1. The standard InChI is InChI=1S/C17H18ClN3O3/c1-10-8-15(21-24-10)20-17(23)14-9-13(14)16(22)19-7-6-11-2-4-12(18)5-3-11/h2-5,8,13-14H,6-7,9H2,1H3,(H,19,22)(H,20,21,23). The van der Waals surface area contributed by atoms with Gasteiger partial charge in [0.15, 0.2) is 5.82 Å². The number of carbonyl (C=O) groups is 2. The van der Waals surface area contributed by atoms with E-state index in [1.807, 2.05) is 24.3 Å². The van der Waals surface area contributed by atoms with Gasteiger partial charge in [-0.3, -0.25) is 9.59 Å². The molecule has 0 radical (unpaired) electrons. The first-order valence-electron chi connectivity index (χ1n) is 7.79. The van der Waals surface area contributed by atoms with E-state index < -0.39 is 0 Å². The lowest BCUT2D eigenvalue weighted by molar-refractivity contribution is -0.125. The largest absolute Gasteiger partial charge is 0.360 e. The molecule has 0 aliphatic heterocycles. The van der Waals surface area contributed by atoms with Crippen LogP contribution in [0.5, 0.6) is 0 Å². The molecule has 2 unspecified atom stereocenters. The molecule has 3 rings (SSSR count). The van der Waals surface area contributed by atoms with E-state index in [1.54, 1.807) is 13.0 Å². The number of aromatic nitrogens is 1. The van der Waals surface area contributed by atoms with Crippen LogP contribution in [0.15, 0.2) is 34.9 Å². The molecule has 6 nitrogen and oxygen atoms in total. The topological polar surface area (TPSA) is 84.2 Å². The van der Waals surface area contributed by atoms with Crippen molar-refractivity contribution in [2.24, 2.45) is 11.8 Å². The predicted octanol–water partition coefficient (Wildman–Crippen LogP) is 2.57. The number of hydrogen-bond acceptors (Lipinski definition) is 4. The average molecular weight is 348 g/mol. The molecule has 1 fully saturated rings. The van der Waals surface area contributed by atoms with Gasteiger partial charge in [0, 0.05) is 17.6 Å². The van der Waals surface area contributed by atoms with E-state index in [-0.39, 0.29) is 23.7 Å². The highest BCUT2D eigenvalue weighted by atomic mass is 35.5. The summed E-state index contributed by atoms with van der Waals surface area (Å²) in [6.07, 6.45) is 1.29. The number of nitrogens with zero attached hydrogens (tertiary/aromatic N) is 1. The highest BCUT2D eigenvalue weighted by Gasteiger charge is 2.48. The van der Waals surface area contributed by atoms with Crippen LogP contribution in [0.1, 0.15) is 17.7 Å². The van der Waals surface area contributed by atoms with Crippen LogP contribution in [-0.2, 0) is 16.0 Å². The minimum absolute atomic E-state index is 0.0829. The Hall–Kier alpha value is -2.34. The molecule has 7 heteroatoms. The molecule has 2 aromatic rings. The molecule has 1 aromatic carbocycles. The van der Waals surface area contributed by atoms with Crippen molar-refractivity contribution in [3.8, 4) is 0 Å². The molecular formula is C17H18ClN3O3. The Bertz CT molecular complexity index is 742. The summed E-state index contributed by atoms with van der Waals surface area (Å²) in [5.74, 6) is 0.172. The van der Waals surface area contributed by atoms with E-state index >= 15 is 0 Å². The van der Waals surface area contributed by atoms with E-state index in [1.165, 1.54) is 0 Å². The molecule has 1 aliphatic carbocycles. The molecule has 1 aliphatic rings. The Morgan fingerprint density at radius 1 is 1.25 bits per heavy atom. The first-order valence-corrected chi connectivity index (χ1v) is 8.17. The molecular weight excluding hydrogens is 330 g/mol. The molecule has 24 heavy (non-hydrogen) atoms. The fourth-order valence-corrected chi connectivity index (χ4v) is 2.66. The zero-order valence-electron chi connectivity index (χ0n) is 13.2. The van der Waals surface area contributed by atoms with Gasteiger partial charge in [0.25, 0.3) is 0 Å². The Kier molecular flexibility index (Phi) is 4.85. The number of benzene rings is 1. The van der Waals surface area contributed by atoms with Gasteiger partial charge in [-0.05, 0) is 37.5 Å². The molecule has 1 saturated carbocycles. The van der Waals surface area contributed by atoms with Gasteiger partial charge >= 0.3 is 0 Å². The van der Waals surface area contributed by atoms with E-state index in [2.05, 4.69) is 15.8 Å². The van der Waals surface area contributed by atoms with Gasteiger partial charge in [0.1, 0.15) is 5.76 Å². The van der Waals surface area contributed by atoms with E-state index in [0.717, 1.165) is 12.0 Å². The van der Waals surface area contributed by atoms with Crippen molar-refractivity contribution in [1.82, 2.24) is 10.5 Å². The predicted molar refractivity (Wildman–Crippen MR) is 89.6 cm³/mol. The van der Waals surface area contributed by atoms with Crippen molar-refractivity contribution in [2.45, 2.75) is 19.8 Å². The number of amides is 2. The minimum Gasteiger partial charge on any atom is -0.360 e. The van der Waals surface area contributed by atoms with Gasteiger partial charge in [-0.1, -0.05) is 28.9 Å². The number of carbonyl (C=O) groups excluding carboxylic acids is 2. The average Bonchev–Trinajstić information content (AvgIpc) is 3.26. The van der Waals surface area contributed by atoms with Crippen molar-refractivity contribution >= 4 is 29.2 Å². The molecule has 0 saturated heterocycles. The molecule has 126 valence electrons. The van der Waals surface area contributed by atoms with Gasteiger partial charge in [-0.2, -0.15) is 0 Å². The Morgan fingerprint density at radius 2 is 1.96 bits per heavy atom. The van der Waals surface area contributed by atoms with Crippen LogP contribution in [0.4, 0.5) is 5.82 Å². The molecule has 2 amide bonds. The highest BCUT2D eigenvalue weighted by Crippen LogP contribution is 2.39. The van der Waals surface area contributed by atoms with Crippen LogP contribution in [0.3, 0.4) is 0 Å². The third-order valence-corrected chi connectivity index (χ3v) is 4.22. The smallest absolute Gasteiger partial charge is 0.229 e. The molecule has 2 N–H and O–H groups in total. The lowest BCUT2D eigenvalue weighted by atomic mass is 10.1. The summed E-state index contributed by atoms with van der Waals surface area (Å²) in [6, 6.07) is 9.15. The van der Waals surface area contributed by atoms with Crippen molar-refractivity contribution in [3.05, 3.63) is 46.7 Å². The fourth-order valence-electron chi connectivity index (χ4n) is 2.53. The summed E-state index contributed by atoms with van der Waals surface area (Å²) in [5.41, 5.74) is 1.10. The minimum atomic E-state index is -0.294. The molecule has 1 heterocycles. The highest BCUT2D eigenvalue weighted by molar-refractivity contribution is 6.30. The van der Waals surface area contributed by atoms with Crippen LogP contribution in [-0.4, -0.2) is 23.5 Å². The van der Waals surface area contributed by atoms with Gasteiger partial charge in [0.2, 0.25) is 11.8 Å². The number of rotatable bonds is 6. The third kappa shape index (κ3) is 4.14. The van der Waals surface area contributed by atoms with Gasteiger partial charge < -0.3 is 15.2 Å². The summed E-state index contributed by atoms with van der Waals surface area (Å²) in [5, 5.41) is 9.93. The van der Waals surface area contributed by atoms with Crippen LogP contribution in [0.25, 0.3) is 0 Å². The monoisotopic (exact) mass is 347 g/mol. The normalized spacial score (nSPS) is 18.9. The summed E-state index contributed by atoms with van der Waals surface area (Å²) < 4.78 is 4.89. The third-order valence-electron chi connectivity index (χ3n) is 3.97. The summed E-state index contributed by atoms with van der Waals surface area (Å²) in [4.78, 5) is 24.1. The Labute approximate surface area is 144 Å². The van der Waals surface area contributed by atoms with Gasteiger partial charge in [0.05, 0.1) is 11.8 Å². The van der Waals surface area contributed by atoms with E-state index in [4.69, 9.17) is 16.1 Å².